The molecule has 0 aliphatic carbocycles. The van der Waals surface area contributed by atoms with Crippen LogP contribution in [0.1, 0.15) is 21.5 Å². The number of anilines is 1. The van der Waals surface area contributed by atoms with E-state index in [1.54, 1.807) is 6.92 Å². The van der Waals surface area contributed by atoms with Crippen molar-refractivity contribution in [1.82, 2.24) is 5.32 Å². The number of rotatable bonds is 4. The standard InChI is InChI=1S/C14H13N3O4/c1-8-5-9(7-15)6-10(14(21)16-2)13(8)17-11(18)3-4-12(19)20/h3-6H,1-2H3,(H,16,21)(H,17,18)(H,19,20)/b4-3-. The Hall–Kier alpha value is -3.14. The van der Waals surface area contributed by atoms with Gasteiger partial charge in [0.1, 0.15) is 0 Å². The molecular formula is C14H13N3O4. The molecule has 7 heteroatoms. The summed E-state index contributed by atoms with van der Waals surface area (Å²) < 4.78 is 0. The number of aliphatic carboxylic acids is 1. The molecule has 1 rings (SSSR count). The number of carbonyl (C=O) groups is 3. The Labute approximate surface area is 120 Å². The minimum Gasteiger partial charge on any atom is -0.478 e. The van der Waals surface area contributed by atoms with E-state index in [1.807, 2.05) is 6.07 Å². The Bertz CT molecular complexity index is 672. The van der Waals surface area contributed by atoms with Crippen molar-refractivity contribution in [3.63, 3.8) is 0 Å². The van der Waals surface area contributed by atoms with Crippen LogP contribution in [-0.2, 0) is 9.59 Å². The number of nitrogens with one attached hydrogen (secondary N) is 2. The van der Waals surface area contributed by atoms with Gasteiger partial charge < -0.3 is 15.7 Å². The van der Waals surface area contributed by atoms with Crippen LogP contribution in [-0.4, -0.2) is 29.9 Å². The van der Waals surface area contributed by atoms with Crippen LogP contribution in [0.25, 0.3) is 0 Å². The van der Waals surface area contributed by atoms with Crippen LogP contribution in [0.5, 0.6) is 0 Å². The predicted octanol–water partition coefficient (Wildman–Crippen LogP) is 0.806. The van der Waals surface area contributed by atoms with E-state index in [-0.39, 0.29) is 16.8 Å². The van der Waals surface area contributed by atoms with Crippen molar-refractivity contribution in [2.45, 2.75) is 6.92 Å². The maximum Gasteiger partial charge on any atom is 0.328 e. The summed E-state index contributed by atoms with van der Waals surface area (Å²) in [7, 11) is 1.42. The van der Waals surface area contributed by atoms with Gasteiger partial charge in [0.15, 0.2) is 0 Å². The van der Waals surface area contributed by atoms with E-state index >= 15 is 0 Å². The van der Waals surface area contributed by atoms with Gasteiger partial charge in [0.2, 0.25) is 5.91 Å². The summed E-state index contributed by atoms with van der Waals surface area (Å²) in [5, 5.41) is 22.2. The van der Waals surface area contributed by atoms with Crippen molar-refractivity contribution in [1.29, 1.82) is 5.26 Å². The lowest BCUT2D eigenvalue weighted by Crippen LogP contribution is -2.22. The fourth-order valence-electron chi connectivity index (χ4n) is 1.64. The number of benzene rings is 1. The SMILES string of the molecule is CNC(=O)c1cc(C#N)cc(C)c1NC(=O)/C=C\C(=O)O. The number of hydrogen-bond acceptors (Lipinski definition) is 4. The van der Waals surface area contributed by atoms with Gasteiger partial charge in [-0.3, -0.25) is 9.59 Å². The van der Waals surface area contributed by atoms with Crippen molar-refractivity contribution >= 4 is 23.5 Å². The minimum absolute atomic E-state index is 0.131. The van der Waals surface area contributed by atoms with Crippen molar-refractivity contribution in [2.75, 3.05) is 12.4 Å². The fraction of sp³-hybridized carbons (Fsp3) is 0.143. The van der Waals surface area contributed by atoms with E-state index in [2.05, 4.69) is 10.6 Å². The molecule has 108 valence electrons. The number of hydrogen-bond donors (Lipinski definition) is 3. The molecular weight excluding hydrogens is 274 g/mol. The number of nitriles is 1. The molecule has 3 N–H and O–H groups in total. The predicted molar refractivity (Wildman–Crippen MR) is 74.7 cm³/mol. The van der Waals surface area contributed by atoms with Crippen LogP contribution < -0.4 is 10.6 Å². The van der Waals surface area contributed by atoms with Crippen LogP contribution in [0.2, 0.25) is 0 Å². The van der Waals surface area contributed by atoms with E-state index in [0.717, 1.165) is 6.08 Å². The number of amides is 2. The minimum atomic E-state index is -1.26. The van der Waals surface area contributed by atoms with Crippen molar-refractivity contribution in [2.24, 2.45) is 0 Å². The van der Waals surface area contributed by atoms with E-state index in [1.165, 1.54) is 19.2 Å². The summed E-state index contributed by atoms with van der Waals surface area (Å²) in [5.74, 6) is -2.41. The Kier molecular flexibility index (Phi) is 5.20. The van der Waals surface area contributed by atoms with E-state index < -0.39 is 17.8 Å². The molecule has 7 nitrogen and oxygen atoms in total. The normalized spacial score (nSPS) is 9.95. The maximum atomic E-state index is 11.8. The number of carboxylic acid groups (broad SMARTS) is 1. The zero-order chi connectivity index (χ0) is 16.0. The molecule has 0 aliphatic heterocycles. The highest BCUT2D eigenvalue weighted by atomic mass is 16.4. The van der Waals surface area contributed by atoms with Crippen molar-refractivity contribution in [3.05, 3.63) is 41.0 Å². The van der Waals surface area contributed by atoms with Crippen LogP contribution in [0, 0.1) is 18.3 Å². The third kappa shape index (κ3) is 4.18. The highest BCUT2D eigenvalue weighted by Gasteiger charge is 2.15. The molecule has 0 saturated carbocycles. The topological polar surface area (TPSA) is 119 Å². The Morgan fingerprint density at radius 1 is 1.29 bits per heavy atom. The highest BCUT2D eigenvalue weighted by Crippen LogP contribution is 2.23. The Balaban J connectivity index is 3.22. The molecule has 1 aromatic rings. The van der Waals surface area contributed by atoms with Gasteiger partial charge in [-0.2, -0.15) is 5.26 Å². The van der Waals surface area contributed by atoms with Gasteiger partial charge in [-0.15, -0.1) is 0 Å². The maximum absolute atomic E-state index is 11.8. The second-order valence-electron chi connectivity index (χ2n) is 4.07. The molecule has 0 fully saturated rings. The molecule has 0 aliphatic rings. The lowest BCUT2D eigenvalue weighted by Gasteiger charge is -2.12. The first-order chi connectivity index (χ1) is 9.88. The van der Waals surface area contributed by atoms with Gasteiger partial charge in [0, 0.05) is 19.2 Å². The van der Waals surface area contributed by atoms with Gasteiger partial charge in [-0.25, -0.2) is 4.79 Å². The Morgan fingerprint density at radius 3 is 2.48 bits per heavy atom. The summed E-state index contributed by atoms with van der Waals surface area (Å²) in [6, 6.07) is 4.79. The number of aryl methyl sites for hydroxylation is 1. The lowest BCUT2D eigenvalue weighted by molar-refractivity contribution is -0.131. The molecule has 0 unspecified atom stereocenters. The van der Waals surface area contributed by atoms with E-state index in [0.29, 0.717) is 11.6 Å². The second-order valence-corrected chi connectivity index (χ2v) is 4.07. The fourth-order valence-corrected chi connectivity index (χ4v) is 1.64. The van der Waals surface area contributed by atoms with Gasteiger partial charge in [0.25, 0.3) is 5.91 Å². The number of carboxylic acids is 1. The summed E-state index contributed by atoms with van der Waals surface area (Å²) in [6.07, 6.45) is 1.53. The zero-order valence-electron chi connectivity index (χ0n) is 11.4. The monoisotopic (exact) mass is 287 g/mol. The lowest BCUT2D eigenvalue weighted by atomic mass is 10.0. The molecule has 0 atom stereocenters. The van der Waals surface area contributed by atoms with Gasteiger partial charge in [0.05, 0.1) is 22.9 Å². The quantitative estimate of drug-likeness (QED) is 0.708. The molecule has 0 saturated heterocycles. The molecule has 0 aromatic heterocycles. The average molecular weight is 287 g/mol. The van der Waals surface area contributed by atoms with Gasteiger partial charge >= 0.3 is 5.97 Å². The second kappa shape index (κ2) is 6.86. The molecule has 1 aromatic carbocycles. The van der Waals surface area contributed by atoms with Gasteiger partial charge in [-0.05, 0) is 24.6 Å². The zero-order valence-corrected chi connectivity index (χ0v) is 11.4. The van der Waals surface area contributed by atoms with E-state index in [9.17, 15) is 14.4 Å². The largest absolute Gasteiger partial charge is 0.478 e. The van der Waals surface area contributed by atoms with E-state index in [4.69, 9.17) is 10.4 Å². The molecule has 21 heavy (non-hydrogen) atoms. The smallest absolute Gasteiger partial charge is 0.328 e. The van der Waals surface area contributed by atoms with Crippen LogP contribution in [0.3, 0.4) is 0 Å². The number of carbonyl (C=O) groups excluding carboxylic acids is 2. The molecule has 0 radical (unpaired) electrons. The summed E-state index contributed by atoms with van der Waals surface area (Å²) in [5.41, 5.74) is 1.16. The van der Waals surface area contributed by atoms with Crippen LogP contribution in [0.15, 0.2) is 24.3 Å². The third-order valence-corrected chi connectivity index (χ3v) is 2.56. The summed E-state index contributed by atoms with van der Waals surface area (Å²) in [6.45, 7) is 1.63. The molecule has 2 amide bonds. The number of nitrogens with zero attached hydrogens (tertiary/aromatic N) is 1. The molecule has 0 heterocycles. The highest BCUT2D eigenvalue weighted by molar-refractivity contribution is 6.08. The van der Waals surface area contributed by atoms with Crippen molar-refractivity contribution < 1.29 is 19.5 Å². The molecule has 0 bridgehead atoms. The van der Waals surface area contributed by atoms with Crippen molar-refractivity contribution in [3.8, 4) is 6.07 Å². The first-order valence-corrected chi connectivity index (χ1v) is 5.87. The van der Waals surface area contributed by atoms with Crippen LogP contribution >= 0.6 is 0 Å². The first-order valence-electron chi connectivity index (χ1n) is 5.87. The Morgan fingerprint density at radius 2 is 1.95 bits per heavy atom. The third-order valence-electron chi connectivity index (χ3n) is 2.56. The average Bonchev–Trinajstić information content (AvgIpc) is 2.45. The summed E-state index contributed by atoms with van der Waals surface area (Å²) in [4.78, 5) is 33.8. The molecule has 0 spiro atoms. The summed E-state index contributed by atoms with van der Waals surface area (Å²) >= 11 is 0. The van der Waals surface area contributed by atoms with Crippen LogP contribution in [0.4, 0.5) is 5.69 Å². The first kappa shape index (κ1) is 15.9. The van der Waals surface area contributed by atoms with Gasteiger partial charge in [-0.1, -0.05) is 0 Å².